The minimum atomic E-state index is -0.754. The number of hydrogen-bond donors (Lipinski definition) is 1. The summed E-state index contributed by atoms with van der Waals surface area (Å²) in [5, 5.41) is 14.5. The molecule has 4 nitrogen and oxygen atoms in total. The Kier molecular flexibility index (Phi) is 2.70. The molecule has 0 bridgehead atoms. The number of nitrogens with zero attached hydrogens (tertiary/aromatic N) is 3. The third-order valence-corrected chi connectivity index (χ3v) is 2.30. The Morgan fingerprint density at radius 1 is 1.40 bits per heavy atom. The third-order valence-electron chi connectivity index (χ3n) is 2.08. The van der Waals surface area contributed by atoms with Crippen LogP contribution in [0, 0.1) is 0 Å². The van der Waals surface area contributed by atoms with Crippen molar-refractivity contribution >= 4 is 11.6 Å². The highest BCUT2D eigenvalue weighted by molar-refractivity contribution is 6.29. The first-order valence-corrected chi connectivity index (χ1v) is 4.83. The summed E-state index contributed by atoms with van der Waals surface area (Å²) < 4.78 is 1.64. The van der Waals surface area contributed by atoms with E-state index >= 15 is 0 Å². The molecule has 2 aromatic heterocycles. The fourth-order valence-electron chi connectivity index (χ4n) is 1.30. The maximum atomic E-state index is 9.94. The molecule has 0 radical (unpaired) electrons. The van der Waals surface area contributed by atoms with E-state index in [0.29, 0.717) is 16.4 Å². The summed E-state index contributed by atoms with van der Waals surface area (Å²) in [7, 11) is 1.80. The quantitative estimate of drug-likeness (QED) is 0.786. The second-order valence-electron chi connectivity index (χ2n) is 3.23. The molecule has 2 heterocycles. The highest BCUT2D eigenvalue weighted by atomic mass is 35.5. The Morgan fingerprint density at radius 3 is 2.73 bits per heavy atom. The molecule has 1 unspecified atom stereocenters. The lowest BCUT2D eigenvalue weighted by Gasteiger charge is -2.06. The molecule has 0 aliphatic carbocycles. The molecule has 2 aromatic rings. The topological polar surface area (TPSA) is 50.9 Å². The molecular weight excluding hydrogens is 214 g/mol. The summed E-state index contributed by atoms with van der Waals surface area (Å²) in [6, 6.07) is 5.14. The van der Waals surface area contributed by atoms with Crippen LogP contribution >= 0.6 is 11.6 Å². The zero-order valence-electron chi connectivity index (χ0n) is 8.13. The van der Waals surface area contributed by atoms with E-state index < -0.39 is 6.10 Å². The van der Waals surface area contributed by atoms with Crippen molar-refractivity contribution in [1.29, 1.82) is 0 Å². The van der Waals surface area contributed by atoms with Gasteiger partial charge < -0.3 is 5.11 Å². The van der Waals surface area contributed by atoms with Gasteiger partial charge in [0.2, 0.25) is 0 Å². The van der Waals surface area contributed by atoms with Crippen molar-refractivity contribution in [3.05, 3.63) is 47.0 Å². The van der Waals surface area contributed by atoms with Crippen molar-refractivity contribution < 1.29 is 5.11 Å². The largest absolute Gasteiger partial charge is 0.382 e. The van der Waals surface area contributed by atoms with Gasteiger partial charge in [-0.3, -0.25) is 4.68 Å². The molecule has 2 rings (SSSR count). The van der Waals surface area contributed by atoms with Crippen molar-refractivity contribution in [3.8, 4) is 0 Å². The Bertz CT molecular complexity index is 452. The van der Waals surface area contributed by atoms with E-state index in [2.05, 4.69) is 10.1 Å². The molecule has 1 N–H and O–H groups in total. The van der Waals surface area contributed by atoms with Crippen molar-refractivity contribution in [1.82, 2.24) is 14.8 Å². The number of aliphatic hydroxyl groups is 1. The molecule has 15 heavy (non-hydrogen) atoms. The highest BCUT2D eigenvalue weighted by Crippen LogP contribution is 2.20. The Labute approximate surface area is 92.1 Å². The number of pyridine rings is 1. The standard InChI is InChI=1S/C10H10ClN3O/c1-14-5-4-8(13-14)10(15)7-2-3-9(11)12-6-7/h2-6,10,15H,1H3. The predicted molar refractivity (Wildman–Crippen MR) is 56.5 cm³/mol. The fraction of sp³-hybridized carbons (Fsp3) is 0.200. The van der Waals surface area contributed by atoms with E-state index in [1.165, 1.54) is 0 Å². The number of halogens is 1. The van der Waals surface area contributed by atoms with Gasteiger partial charge in [-0.25, -0.2) is 4.98 Å². The van der Waals surface area contributed by atoms with E-state index in [1.807, 2.05) is 0 Å². The Balaban J connectivity index is 2.28. The lowest BCUT2D eigenvalue weighted by Crippen LogP contribution is -2.02. The highest BCUT2D eigenvalue weighted by Gasteiger charge is 2.13. The van der Waals surface area contributed by atoms with Crippen LogP contribution < -0.4 is 0 Å². The number of aryl methyl sites for hydroxylation is 1. The molecule has 0 aliphatic heterocycles. The molecule has 0 aromatic carbocycles. The van der Waals surface area contributed by atoms with E-state index in [-0.39, 0.29) is 0 Å². The van der Waals surface area contributed by atoms with Crippen molar-refractivity contribution in [2.75, 3.05) is 0 Å². The SMILES string of the molecule is Cn1ccc(C(O)c2ccc(Cl)nc2)n1. The second-order valence-corrected chi connectivity index (χ2v) is 3.62. The van der Waals surface area contributed by atoms with Gasteiger partial charge in [0, 0.05) is 25.0 Å². The summed E-state index contributed by atoms with van der Waals surface area (Å²) >= 11 is 5.65. The minimum Gasteiger partial charge on any atom is -0.382 e. The molecule has 0 amide bonds. The fourth-order valence-corrected chi connectivity index (χ4v) is 1.41. The molecule has 5 heteroatoms. The van der Waals surface area contributed by atoms with Gasteiger partial charge in [0.1, 0.15) is 11.3 Å². The monoisotopic (exact) mass is 223 g/mol. The molecule has 0 saturated heterocycles. The molecule has 0 saturated carbocycles. The maximum Gasteiger partial charge on any atom is 0.129 e. The van der Waals surface area contributed by atoms with Crippen LogP contribution in [0.15, 0.2) is 30.6 Å². The number of aliphatic hydroxyl groups excluding tert-OH is 1. The average molecular weight is 224 g/mol. The van der Waals surface area contributed by atoms with Crippen molar-refractivity contribution in [2.24, 2.45) is 7.05 Å². The van der Waals surface area contributed by atoms with Crippen LogP contribution in [0.25, 0.3) is 0 Å². The first-order valence-electron chi connectivity index (χ1n) is 4.46. The second kappa shape index (κ2) is 4.00. The minimum absolute atomic E-state index is 0.409. The number of rotatable bonds is 2. The van der Waals surface area contributed by atoms with Crippen LogP contribution in [0.5, 0.6) is 0 Å². The molecule has 0 aliphatic rings. The van der Waals surface area contributed by atoms with Gasteiger partial charge in [-0.1, -0.05) is 17.7 Å². The van der Waals surface area contributed by atoms with Crippen LogP contribution in [0.2, 0.25) is 5.15 Å². The normalized spacial score (nSPS) is 12.7. The number of aromatic nitrogens is 3. The van der Waals surface area contributed by atoms with Crippen LogP contribution in [0.3, 0.4) is 0 Å². The van der Waals surface area contributed by atoms with Gasteiger partial charge in [0.25, 0.3) is 0 Å². The molecule has 0 fully saturated rings. The van der Waals surface area contributed by atoms with Gasteiger partial charge in [-0.2, -0.15) is 5.10 Å². The van der Waals surface area contributed by atoms with Crippen molar-refractivity contribution in [2.45, 2.75) is 6.10 Å². The zero-order valence-corrected chi connectivity index (χ0v) is 8.89. The van der Waals surface area contributed by atoms with Crippen LogP contribution in [0.1, 0.15) is 17.4 Å². The van der Waals surface area contributed by atoms with Crippen molar-refractivity contribution in [3.63, 3.8) is 0 Å². The maximum absolute atomic E-state index is 9.94. The lowest BCUT2D eigenvalue weighted by atomic mass is 10.1. The van der Waals surface area contributed by atoms with Crippen LogP contribution in [0.4, 0.5) is 0 Å². The Hall–Kier alpha value is -1.39. The molecule has 78 valence electrons. The van der Waals surface area contributed by atoms with Gasteiger partial charge in [0.15, 0.2) is 0 Å². The van der Waals surface area contributed by atoms with Gasteiger partial charge >= 0.3 is 0 Å². The summed E-state index contributed by atoms with van der Waals surface area (Å²) in [5.74, 6) is 0. The molecule has 0 spiro atoms. The number of hydrogen-bond acceptors (Lipinski definition) is 3. The Morgan fingerprint density at radius 2 is 2.20 bits per heavy atom. The zero-order chi connectivity index (χ0) is 10.8. The van der Waals surface area contributed by atoms with E-state index in [4.69, 9.17) is 11.6 Å². The van der Waals surface area contributed by atoms with Crippen LogP contribution in [-0.4, -0.2) is 19.9 Å². The summed E-state index contributed by atoms with van der Waals surface area (Å²) in [5.41, 5.74) is 1.28. The lowest BCUT2D eigenvalue weighted by molar-refractivity contribution is 0.214. The van der Waals surface area contributed by atoms with Gasteiger partial charge in [-0.05, 0) is 12.1 Å². The van der Waals surface area contributed by atoms with E-state index in [9.17, 15) is 5.11 Å². The molecule has 1 atom stereocenters. The van der Waals surface area contributed by atoms with Crippen LogP contribution in [-0.2, 0) is 7.05 Å². The third kappa shape index (κ3) is 2.16. The van der Waals surface area contributed by atoms with E-state index in [0.717, 1.165) is 0 Å². The first-order chi connectivity index (χ1) is 7.16. The summed E-state index contributed by atoms with van der Waals surface area (Å²) in [4.78, 5) is 3.90. The smallest absolute Gasteiger partial charge is 0.129 e. The van der Waals surface area contributed by atoms with E-state index in [1.54, 1.807) is 42.3 Å². The summed E-state index contributed by atoms with van der Waals surface area (Å²) in [6.45, 7) is 0. The average Bonchev–Trinajstić information content (AvgIpc) is 2.65. The molecular formula is C10H10ClN3O. The van der Waals surface area contributed by atoms with Gasteiger partial charge in [0.05, 0.1) is 5.69 Å². The first kappa shape index (κ1) is 10.1. The predicted octanol–water partition coefficient (Wildman–Crippen LogP) is 1.55. The summed E-state index contributed by atoms with van der Waals surface area (Å²) in [6.07, 6.45) is 2.57. The van der Waals surface area contributed by atoms with Gasteiger partial charge in [-0.15, -0.1) is 0 Å².